The van der Waals surface area contributed by atoms with Gasteiger partial charge in [0, 0.05) is 9.79 Å². The lowest BCUT2D eigenvalue weighted by molar-refractivity contribution is 1.47. The van der Waals surface area contributed by atoms with E-state index in [1.54, 1.807) is 0 Å². The molecule has 0 bridgehead atoms. The fourth-order valence-corrected chi connectivity index (χ4v) is 3.61. The van der Waals surface area contributed by atoms with Gasteiger partial charge in [0.05, 0.1) is 0 Å². The van der Waals surface area contributed by atoms with Crippen LogP contribution < -0.4 is 10.9 Å². The number of hydrogen-bond donors (Lipinski definition) is 0. The van der Waals surface area contributed by atoms with E-state index in [9.17, 15) is 0 Å². The Labute approximate surface area is 111 Å². The number of fused-ring (bicyclic) bond motifs is 4. The summed E-state index contributed by atoms with van der Waals surface area (Å²) in [5.74, 6) is 0. The molecule has 0 aromatic heterocycles. The summed E-state index contributed by atoms with van der Waals surface area (Å²) in [6, 6.07) is 21.6. The summed E-state index contributed by atoms with van der Waals surface area (Å²) >= 11 is 1.88. The zero-order valence-corrected chi connectivity index (χ0v) is 10.6. The largest absolute Gasteiger partial charge is 0.194 e. The van der Waals surface area contributed by atoms with Crippen LogP contribution in [0.25, 0.3) is 10.8 Å². The summed E-state index contributed by atoms with van der Waals surface area (Å²) in [5.41, 5.74) is 2.66. The van der Waals surface area contributed by atoms with Crippen molar-refractivity contribution in [2.24, 2.45) is 0 Å². The first-order valence-corrected chi connectivity index (χ1v) is 6.87. The minimum absolute atomic E-state index is 1.32. The minimum atomic E-state index is 1.32. The second-order valence-corrected chi connectivity index (χ2v) is 5.54. The Hall–Kier alpha value is -1.67. The lowest BCUT2D eigenvalue weighted by Crippen LogP contribution is -2.33. The van der Waals surface area contributed by atoms with Gasteiger partial charge in [-0.3, -0.25) is 0 Å². The van der Waals surface area contributed by atoms with Crippen molar-refractivity contribution in [3.05, 3.63) is 60.7 Å². The monoisotopic (exact) mass is 245 g/mol. The first-order chi connectivity index (χ1) is 8.92. The number of rotatable bonds is 0. The maximum atomic E-state index is 2.29. The smallest absolute Gasteiger partial charge is 0.0906 e. The van der Waals surface area contributed by atoms with E-state index >= 15 is 0 Å². The van der Waals surface area contributed by atoms with E-state index in [-0.39, 0.29) is 0 Å². The van der Waals surface area contributed by atoms with Gasteiger partial charge in [-0.15, -0.1) is 0 Å². The molecular weight excluding hydrogens is 235 g/mol. The third kappa shape index (κ3) is 1.49. The molecule has 3 aromatic rings. The third-order valence-corrected chi connectivity index (χ3v) is 4.60. The summed E-state index contributed by atoms with van der Waals surface area (Å²) in [4.78, 5) is 2.73. The lowest BCUT2D eigenvalue weighted by Gasteiger charge is -2.19. The van der Waals surface area contributed by atoms with Gasteiger partial charge in [0.15, 0.2) is 7.28 Å². The molecule has 0 saturated carbocycles. The highest BCUT2D eigenvalue weighted by Crippen LogP contribution is 2.33. The normalized spacial score (nSPS) is 12.7. The van der Waals surface area contributed by atoms with Crippen LogP contribution in [0.3, 0.4) is 0 Å². The minimum Gasteiger partial charge on any atom is -0.0906 e. The van der Waals surface area contributed by atoms with Crippen molar-refractivity contribution >= 4 is 40.7 Å². The van der Waals surface area contributed by atoms with Gasteiger partial charge in [-0.25, -0.2) is 0 Å². The molecule has 0 saturated heterocycles. The summed E-state index contributed by atoms with van der Waals surface area (Å²) in [5, 5.41) is 2.67. The molecule has 2 heteroatoms. The van der Waals surface area contributed by atoms with Crippen molar-refractivity contribution in [3.8, 4) is 0 Å². The molecule has 18 heavy (non-hydrogen) atoms. The molecule has 0 amide bonds. The summed E-state index contributed by atoms with van der Waals surface area (Å²) in [6.45, 7) is 0. The van der Waals surface area contributed by atoms with E-state index < -0.39 is 0 Å². The van der Waals surface area contributed by atoms with Crippen molar-refractivity contribution in [1.82, 2.24) is 0 Å². The van der Waals surface area contributed by atoms with Crippen molar-refractivity contribution < 1.29 is 0 Å². The predicted octanol–water partition coefficient (Wildman–Crippen LogP) is 2.96. The van der Waals surface area contributed by atoms with Gasteiger partial charge >= 0.3 is 0 Å². The van der Waals surface area contributed by atoms with Crippen LogP contribution in [-0.2, 0) is 0 Å². The Bertz CT molecular complexity index is 749. The van der Waals surface area contributed by atoms with Crippen molar-refractivity contribution in [2.45, 2.75) is 9.79 Å². The number of hydrogen-bond acceptors (Lipinski definition) is 1. The van der Waals surface area contributed by atoms with Crippen LogP contribution >= 0.6 is 11.8 Å². The molecule has 1 heterocycles. The molecule has 0 fully saturated rings. The van der Waals surface area contributed by atoms with Gasteiger partial charge in [-0.2, -0.15) is 0 Å². The van der Waals surface area contributed by atoms with Crippen LogP contribution in [-0.4, -0.2) is 7.28 Å². The highest BCUT2D eigenvalue weighted by atomic mass is 32.2. The number of benzene rings is 3. The van der Waals surface area contributed by atoms with Gasteiger partial charge in [0.1, 0.15) is 0 Å². The van der Waals surface area contributed by atoms with E-state index in [1.807, 2.05) is 11.8 Å². The van der Waals surface area contributed by atoms with Crippen molar-refractivity contribution in [1.29, 1.82) is 0 Å². The molecule has 0 aliphatic carbocycles. The van der Waals surface area contributed by atoms with Crippen LogP contribution in [0.2, 0.25) is 0 Å². The van der Waals surface area contributed by atoms with Gasteiger partial charge < -0.3 is 0 Å². The third-order valence-electron chi connectivity index (χ3n) is 3.35. The van der Waals surface area contributed by atoms with Gasteiger partial charge in [0.25, 0.3) is 0 Å². The van der Waals surface area contributed by atoms with E-state index in [4.69, 9.17) is 0 Å². The molecular formula is C16H10BS. The average Bonchev–Trinajstić information content (AvgIpc) is 2.45. The topological polar surface area (TPSA) is 0 Å². The molecule has 1 aliphatic rings. The zero-order valence-electron chi connectivity index (χ0n) is 9.76. The molecule has 3 aromatic carbocycles. The first-order valence-electron chi connectivity index (χ1n) is 6.05. The van der Waals surface area contributed by atoms with Crippen LogP contribution in [0.15, 0.2) is 70.5 Å². The van der Waals surface area contributed by atoms with Gasteiger partial charge in [-0.1, -0.05) is 77.3 Å². The molecule has 0 nitrogen and oxygen atoms in total. The highest BCUT2D eigenvalue weighted by molar-refractivity contribution is 8.00. The fourth-order valence-electron chi connectivity index (χ4n) is 2.46. The SMILES string of the molecule is [B]1c2ccccc2Sc2c1ccc1ccccc21. The van der Waals surface area contributed by atoms with Crippen LogP contribution in [0.4, 0.5) is 0 Å². The molecule has 0 unspecified atom stereocenters. The maximum absolute atomic E-state index is 2.29. The van der Waals surface area contributed by atoms with E-state index in [0.717, 1.165) is 0 Å². The molecule has 0 spiro atoms. The molecule has 0 N–H and O–H groups in total. The maximum Gasteiger partial charge on any atom is 0.194 e. The fraction of sp³-hybridized carbons (Fsp3) is 0. The van der Waals surface area contributed by atoms with E-state index in [2.05, 4.69) is 67.9 Å². The zero-order chi connectivity index (χ0) is 11.9. The highest BCUT2D eigenvalue weighted by Gasteiger charge is 2.18. The molecule has 1 aliphatic heterocycles. The molecule has 83 valence electrons. The van der Waals surface area contributed by atoms with Crippen LogP contribution in [0.5, 0.6) is 0 Å². The Morgan fingerprint density at radius 2 is 1.56 bits per heavy atom. The Kier molecular flexibility index (Phi) is 2.24. The van der Waals surface area contributed by atoms with E-state index in [1.165, 1.54) is 31.5 Å². The standard InChI is InChI=1S/C16H10BS/c1-2-6-12-11(5-1)9-10-14-16(12)18-15-8-4-3-7-13(15)17-14/h1-10H. The average molecular weight is 245 g/mol. The van der Waals surface area contributed by atoms with Gasteiger partial charge in [-0.05, 0) is 16.8 Å². The molecule has 1 radical (unpaired) electrons. The quantitative estimate of drug-likeness (QED) is 0.429. The van der Waals surface area contributed by atoms with E-state index in [0.29, 0.717) is 0 Å². The second kappa shape index (κ2) is 3.92. The van der Waals surface area contributed by atoms with Gasteiger partial charge in [0.2, 0.25) is 0 Å². The Morgan fingerprint density at radius 1 is 0.722 bits per heavy atom. The Balaban J connectivity index is 1.98. The van der Waals surface area contributed by atoms with Crippen molar-refractivity contribution in [3.63, 3.8) is 0 Å². The van der Waals surface area contributed by atoms with Crippen LogP contribution in [0.1, 0.15) is 0 Å². The molecule has 0 atom stereocenters. The summed E-state index contributed by atoms with van der Waals surface area (Å²) in [7, 11) is 2.29. The lowest BCUT2D eigenvalue weighted by atomic mass is 9.63. The first kappa shape index (κ1) is 10.3. The summed E-state index contributed by atoms with van der Waals surface area (Å²) in [6.07, 6.45) is 0. The molecule has 4 rings (SSSR count). The summed E-state index contributed by atoms with van der Waals surface area (Å²) < 4.78 is 0. The second-order valence-electron chi connectivity index (χ2n) is 4.49. The predicted molar refractivity (Wildman–Crippen MR) is 79.5 cm³/mol. The van der Waals surface area contributed by atoms with Crippen molar-refractivity contribution in [2.75, 3.05) is 0 Å². The Morgan fingerprint density at radius 3 is 2.56 bits per heavy atom. The van der Waals surface area contributed by atoms with Crippen LogP contribution in [0, 0.1) is 0 Å².